The van der Waals surface area contributed by atoms with Gasteiger partial charge in [0.05, 0.1) is 25.6 Å². The Hall–Kier alpha value is -2.53. The molecule has 2 unspecified atom stereocenters. The lowest BCUT2D eigenvalue weighted by atomic mass is 10.0. The number of hydrogen-bond acceptors (Lipinski definition) is 3. The van der Waals surface area contributed by atoms with Gasteiger partial charge in [0, 0.05) is 19.0 Å². The average Bonchev–Trinajstić information content (AvgIpc) is 2.66. The van der Waals surface area contributed by atoms with Gasteiger partial charge in [-0.05, 0) is 42.3 Å². The van der Waals surface area contributed by atoms with E-state index in [1.165, 1.54) is 6.92 Å². The van der Waals surface area contributed by atoms with Gasteiger partial charge in [0.2, 0.25) is 11.8 Å². The van der Waals surface area contributed by atoms with Gasteiger partial charge in [0.15, 0.2) is 0 Å². The van der Waals surface area contributed by atoms with Crippen LogP contribution in [0, 0.1) is 0 Å². The largest absolute Gasteiger partial charge is 0.497 e. The lowest BCUT2D eigenvalue weighted by Crippen LogP contribution is -2.35. The number of carbonyl (C=O) groups is 2. The standard InChI is InChI=1S/C21H25ClN2O3/c1-14(16-7-11-19(27-4)12-8-16)24(3)21(26)13-20(23-15(2)25)17-5-9-18(22)10-6-17/h5-12,14,20H,13H2,1-4H3,(H,23,25). The highest BCUT2D eigenvalue weighted by Gasteiger charge is 2.23. The molecule has 27 heavy (non-hydrogen) atoms. The third-order valence-electron chi connectivity index (χ3n) is 4.60. The Kier molecular flexibility index (Phi) is 7.25. The summed E-state index contributed by atoms with van der Waals surface area (Å²) in [6, 6.07) is 14.3. The van der Waals surface area contributed by atoms with Crippen LogP contribution in [0.25, 0.3) is 0 Å². The van der Waals surface area contributed by atoms with Gasteiger partial charge in [-0.15, -0.1) is 0 Å². The lowest BCUT2D eigenvalue weighted by Gasteiger charge is -2.28. The summed E-state index contributed by atoms with van der Waals surface area (Å²) in [6.45, 7) is 3.41. The summed E-state index contributed by atoms with van der Waals surface area (Å²) < 4.78 is 5.17. The maximum Gasteiger partial charge on any atom is 0.225 e. The summed E-state index contributed by atoms with van der Waals surface area (Å²) in [5, 5.41) is 3.46. The number of nitrogens with one attached hydrogen (secondary N) is 1. The highest BCUT2D eigenvalue weighted by molar-refractivity contribution is 6.30. The fourth-order valence-electron chi connectivity index (χ4n) is 2.83. The van der Waals surface area contributed by atoms with Crippen molar-refractivity contribution in [2.24, 2.45) is 0 Å². The van der Waals surface area contributed by atoms with Crippen LogP contribution in [0.4, 0.5) is 0 Å². The van der Waals surface area contributed by atoms with Gasteiger partial charge in [-0.25, -0.2) is 0 Å². The first-order chi connectivity index (χ1) is 12.8. The van der Waals surface area contributed by atoms with Crippen LogP contribution in [0.1, 0.15) is 43.5 Å². The van der Waals surface area contributed by atoms with Crippen molar-refractivity contribution in [3.8, 4) is 5.75 Å². The van der Waals surface area contributed by atoms with E-state index in [9.17, 15) is 9.59 Å². The second-order valence-electron chi connectivity index (χ2n) is 6.46. The molecule has 2 amide bonds. The van der Waals surface area contributed by atoms with E-state index in [0.29, 0.717) is 5.02 Å². The van der Waals surface area contributed by atoms with Crippen molar-refractivity contribution < 1.29 is 14.3 Å². The van der Waals surface area contributed by atoms with Crippen molar-refractivity contribution >= 4 is 23.4 Å². The lowest BCUT2D eigenvalue weighted by molar-refractivity contribution is -0.132. The Balaban J connectivity index is 2.12. The van der Waals surface area contributed by atoms with E-state index in [0.717, 1.165) is 16.9 Å². The van der Waals surface area contributed by atoms with Crippen molar-refractivity contribution in [3.05, 3.63) is 64.7 Å². The van der Waals surface area contributed by atoms with Crippen LogP contribution in [0.3, 0.4) is 0 Å². The zero-order valence-electron chi connectivity index (χ0n) is 16.0. The minimum Gasteiger partial charge on any atom is -0.497 e. The van der Waals surface area contributed by atoms with Gasteiger partial charge in [-0.1, -0.05) is 35.9 Å². The van der Waals surface area contributed by atoms with Gasteiger partial charge in [-0.3, -0.25) is 9.59 Å². The molecule has 0 aliphatic heterocycles. The molecular formula is C21H25ClN2O3. The molecule has 0 aliphatic rings. The van der Waals surface area contributed by atoms with Crippen molar-refractivity contribution in [3.63, 3.8) is 0 Å². The Labute approximate surface area is 165 Å². The molecule has 2 aromatic carbocycles. The molecule has 2 rings (SSSR count). The third kappa shape index (κ3) is 5.73. The topological polar surface area (TPSA) is 58.6 Å². The van der Waals surface area contributed by atoms with E-state index in [1.807, 2.05) is 43.3 Å². The predicted octanol–water partition coefficient (Wildman–Crippen LogP) is 4.14. The van der Waals surface area contributed by atoms with Crippen molar-refractivity contribution in [1.82, 2.24) is 10.2 Å². The maximum absolute atomic E-state index is 12.8. The van der Waals surface area contributed by atoms with Gasteiger partial charge >= 0.3 is 0 Å². The van der Waals surface area contributed by atoms with Crippen LogP contribution < -0.4 is 10.1 Å². The molecule has 1 N–H and O–H groups in total. The Bertz CT molecular complexity index is 775. The second-order valence-corrected chi connectivity index (χ2v) is 6.90. The highest BCUT2D eigenvalue weighted by Crippen LogP contribution is 2.25. The molecule has 5 nitrogen and oxygen atoms in total. The second kappa shape index (κ2) is 9.42. The first kappa shape index (κ1) is 20.8. The smallest absolute Gasteiger partial charge is 0.225 e. The minimum absolute atomic E-state index is 0.0629. The normalized spacial score (nSPS) is 12.8. The molecule has 144 valence electrons. The predicted molar refractivity (Wildman–Crippen MR) is 107 cm³/mol. The Morgan fingerprint density at radius 1 is 1.07 bits per heavy atom. The van der Waals surface area contributed by atoms with E-state index in [4.69, 9.17) is 16.3 Å². The monoisotopic (exact) mass is 388 g/mol. The molecule has 0 fully saturated rings. The minimum atomic E-state index is -0.405. The Morgan fingerprint density at radius 3 is 2.15 bits per heavy atom. The maximum atomic E-state index is 12.8. The molecule has 0 spiro atoms. The number of benzene rings is 2. The summed E-state index contributed by atoms with van der Waals surface area (Å²) in [5.41, 5.74) is 1.85. The van der Waals surface area contributed by atoms with Gasteiger partial charge < -0.3 is 15.0 Å². The molecule has 0 aromatic heterocycles. The summed E-state index contributed by atoms with van der Waals surface area (Å²) in [4.78, 5) is 26.1. The first-order valence-corrected chi connectivity index (χ1v) is 9.11. The molecule has 0 heterocycles. The van der Waals surface area contributed by atoms with E-state index in [-0.39, 0.29) is 24.3 Å². The van der Waals surface area contributed by atoms with Gasteiger partial charge in [0.1, 0.15) is 5.75 Å². The molecule has 0 saturated carbocycles. The van der Waals surface area contributed by atoms with Crippen molar-refractivity contribution in [1.29, 1.82) is 0 Å². The number of hydrogen-bond donors (Lipinski definition) is 1. The summed E-state index contributed by atoms with van der Waals surface area (Å²) in [6.07, 6.45) is 0.165. The fourth-order valence-corrected chi connectivity index (χ4v) is 2.96. The third-order valence-corrected chi connectivity index (χ3v) is 4.85. The highest BCUT2D eigenvalue weighted by atomic mass is 35.5. The van der Waals surface area contributed by atoms with E-state index in [2.05, 4.69) is 5.32 Å². The van der Waals surface area contributed by atoms with Crippen LogP contribution in [0.5, 0.6) is 5.75 Å². The first-order valence-electron chi connectivity index (χ1n) is 8.74. The van der Waals surface area contributed by atoms with Crippen LogP contribution >= 0.6 is 11.6 Å². The SMILES string of the molecule is COc1ccc(C(C)N(C)C(=O)CC(NC(C)=O)c2ccc(Cl)cc2)cc1. The summed E-state index contributed by atoms with van der Waals surface area (Å²) >= 11 is 5.94. The van der Waals surface area contributed by atoms with E-state index < -0.39 is 6.04 Å². The number of methoxy groups -OCH3 is 1. The van der Waals surface area contributed by atoms with Gasteiger partial charge in [-0.2, -0.15) is 0 Å². The molecule has 0 saturated heterocycles. The number of nitrogens with zero attached hydrogens (tertiary/aromatic N) is 1. The van der Waals surface area contributed by atoms with E-state index in [1.54, 1.807) is 31.2 Å². The molecule has 0 aliphatic carbocycles. The zero-order valence-corrected chi connectivity index (χ0v) is 16.8. The number of carbonyl (C=O) groups excluding carboxylic acids is 2. The zero-order chi connectivity index (χ0) is 20.0. The molecule has 0 bridgehead atoms. The van der Waals surface area contributed by atoms with Crippen LogP contribution in [0.2, 0.25) is 5.02 Å². The summed E-state index contributed by atoms with van der Waals surface area (Å²) in [7, 11) is 3.39. The molecule has 0 radical (unpaired) electrons. The number of ether oxygens (including phenoxy) is 1. The quantitative estimate of drug-likeness (QED) is 0.775. The summed E-state index contributed by atoms with van der Waals surface area (Å²) in [5.74, 6) is 0.522. The Morgan fingerprint density at radius 2 is 1.63 bits per heavy atom. The average molecular weight is 389 g/mol. The van der Waals surface area contributed by atoms with Crippen LogP contribution in [-0.2, 0) is 9.59 Å². The van der Waals surface area contributed by atoms with Gasteiger partial charge in [0.25, 0.3) is 0 Å². The number of amides is 2. The molecular weight excluding hydrogens is 364 g/mol. The van der Waals surface area contributed by atoms with Crippen LogP contribution in [-0.4, -0.2) is 30.9 Å². The fraction of sp³-hybridized carbons (Fsp3) is 0.333. The molecule has 2 atom stereocenters. The number of halogens is 1. The molecule has 2 aromatic rings. The van der Waals surface area contributed by atoms with E-state index >= 15 is 0 Å². The van der Waals surface area contributed by atoms with Crippen molar-refractivity contribution in [2.75, 3.05) is 14.2 Å². The number of rotatable bonds is 7. The molecule has 6 heteroatoms. The van der Waals surface area contributed by atoms with Crippen LogP contribution in [0.15, 0.2) is 48.5 Å². The van der Waals surface area contributed by atoms with Crippen molar-refractivity contribution in [2.45, 2.75) is 32.4 Å².